The molecule has 0 aliphatic carbocycles. The van der Waals surface area contributed by atoms with Crippen molar-refractivity contribution in [3.8, 4) is 0 Å². The molecule has 0 radical (unpaired) electrons. The summed E-state index contributed by atoms with van der Waals surface area (Å²) in [6, 6.07) is 0. The third-order valence-corrected chi connectivity index (χ3v) is 1.52. The van der Waals surface area contributed by atoms with Crippen LogP contribution in [0.4, 0.5) is 0 Å². The zero-order valence-electron chi connectivity index (χ0n) is 3.52. The molecule has 0 N–H and O–H groups in total. The molecule has 38 valence electrons. The van der Waals surface area contributed by atoms with Crippen molar-refractivity contribution < 1.29 is 4.52 Å². The lowest BCUT2D eigenvalue weighted by Gasteiger charge is -1.99. The van der Waals surface area contributed by atoms with Crippen LogP contribution in [0.1, 0.15) is 0 Å². The molecule has 1 heterocycles. The van der Waals surface area contributed by atoms with E-state index in [9.17, 15) is 0 Å². The third kappa shape index (κ3) is 1.50. The number of hydrogen-bond donors (Lipinski definition) is 0. The molecule has 1 nitrogen and oxygen atoms in total. The summed E-state index contributed by atoms with van der Waals surface area (Å²) in [7, 11) is 0.315. The van der Waals surface area contributed by atoms with Crippen LogP contribution in [-0.2, 0) is 4.52 Å². The van der Waals surface area contributed by atoms with Crippen LogP contribution in [0.3, 0.4) is 0 Å². The maximum Gasteiger partial charge on any atom is 0.115 e. The first-order valence-electron chi connectivity index (χ1n) is 1.83. The van der Waals surface area contributed by atoms with Crippen molar-refractivity contribution in [2.45, 2.75) is 0 Å². The second-order valence-electron chi connectivity index (χ2n) is 1.06. The van der Waals surface area contributed by atoms with Crippen molar-refractivity contribution in [1.29, 1.82) is 0 Å². The van der Waals surface area contributed by atoms with Gasteiger partial charge in [-0.25, -0.2) is 0 Å². The lowest BCUT2D eigenvalue weighted by molar-refractivity contribution is 0.554. The van der Waals surface area contributed by atoms with Crippen LogP contribution >= 0.6 is 20.4 Å². The minimum Gasteiger partial charge on any atom is -0.479 e. The van der Waals surface area contributed by atoms with Gasteiger partial charge in [0.2, 0.25) is 0 Å². The van der Waals surface area contributed by atoms with E-state index in [2.05, 4.69) is 0 Å². The molecule has 0 saturated heterocycles. The van der Waals surface area contributed by atoms with Gasteiger partial charge >= 0.3 is 0 Å². The van der Waals surface area contributed by atoms with Gasteiger partial charge in [-0.1, -0.05) is 11.6 Å². The van der Waals surface area contributed by atoms with Crippen LogP contribution in [0.15, 0.2) is 23.2 Å². The van der Waals surface area contributed by atoms with E-state index in [0.717, 1.165) is 4.77 Å². The molecule has 0 saturated carbocycles. The highest BCUT2D eigenvalue weighted by atomic mass is 35.5. The number of halogens is 1. The van der Waals surface area contributed by atoms with Crippen molar-refractivity contribution in [3.63, 3.8) is 0 Å². The maximum atomic E-state index is 5.51. The summed E-state index contributed by atoms with van der Waals surface area (Å²) in [6.45, 7) is 0. The Hall–Kier alpha value is -0.0000000000000000555. The quantitative estimate of drug-likeness (QED) is 0.462. The Kier molecular flexibility index (Phi) is 1.72. The molecule has 0 aromatic carbocycles. The van der Waals surface area contributed by atoms with Crippen LogP contribution in [0, 0.1) is 0 Å². The fraction of sp³-hybridized carbons (Fsp3) is 0. The lowest BCUT2D eigenvalue weighted by atomic mass is 10.6. The topological polar surface area (TPSA) is 9.23 Å². The van der Waals surface area contributed by atoms with Gasteiger partial charge in [-0.2, -0.15) is 0 Å². The first-order valence-corrected chi connectivity index (χ1v) is 3.12. The zero-order chi connectivity index (χ0) is 5.11. The van der Waals surface area contributed by atoms with Crippen LogP contribution in [0.25, 0.3) is 0 Å². The number of hydrogen-bond acceptors (Lipinski definition) is 1. The standard InChI is InChI=1S/C4H4ClOP/c5-4-2-1-3-6-7-4/h1-3,7H. The van der Waals surface area contributed by atoms with E-state index in [1.165, 1.54) is 0 Å². The molecule has 1 aliphatic rings. The average Bonchev–Trinajstić information content (AvgIpc) is 1.69. The van der Waals surface area contributed by atoms with E-state index >= 15 is 0 Å². The van der Waals surface area contributed by atoms with Gasteiger partial charge in [-0.15, -0.1) is 0 Å². The van der Waals surface area contributed by atoms with E-state index in [-0.39, 0.29) is 0 Å². The van der Waals surface area contributed by atoms with E-state index in [1.54, 1.807) is 12.3 Å². The molecule has 0 aromatic rings. The van der Waals surface area contributed by atoms with Gasteiger partial charge in [0.15, 0.2) is 0 Å². The molecule has 0 amide bonds. The summed E-state index contributed by atoms with van der Waals surface area (Å²) >= 11 is 5.51. The van der Waals surface area contributed by atoms with Crippen LogP contribution < -0.4 is 0 Å². The van der Waals surface area contributed by atoms with Crippen molar-refractivity contribution in [3.05, 3.63) is 23.2 Å². The highest BCUT2D eigenvalue weighted by Gasteiger charge is 1.91. The van der Waals surface area contributed by atoms with Gasteiger partial charge in [0.05, 0.1) is 11.0 Å². The molecular formula is C4H4ClOP. The summed E-state index contributed by atoms with van der Waals surface area (Å²) < 4.78 is 5.61. The summed E-state index contributed by atoms with van der Waals surface area (Å²) in [5, 5.41) is 0. The summed E-state index contributed by atoms with van der Waals surface area (Å²) in [4.78, 5) is 0. The van der Waals surface area contributed by atoms with Gasteiger partial charge in [-0.05, 0) is 12.2 Å². The SMILES string of the molecule is ClC1=CC=COP1. The molecule has 0 fully saturated rings. The van der Waals surface area contributed by atoms with Gasteiger partial charge in [-0.3, -0.25) is 0 Å². The highest BCUT2D eigenvalue weighted by molar-refractivity contribution is 7.41. The van der Waals surface area contributed by atoms with Crippen molar-refractivity contribution in [2.75, 3.05) is 0 Å². The third-order valence-electron chi connectivity index (χ3n) is 0.546. The fourth-order valence-electron chi connectivity index (χ4n) is 0.287. The average molecular weight is 135 g/mol. The minimum absolute atomic E-state index is 0.315. The van der Waals surface area contributed by atoms with Crippen LogP contribution in [0.5, 0.6) is 0 Å². The van der Waals surface area contributed by atoms with E-state index in [1.807, 2.05) is 6.08 Å². The van der Waals surface area contributed by atoms with Gasteiger partial charge in [0.25, 0.3) is 0 Å². The highest BCUT2D eigenvalue weighted by Crippen LogP contribution is 2.30. The van der Waals surface area contributed by atoms with E-state index < -0.39 is 0 Å². The second kappa shape index (κ2) is 2.34. The zero-order valence-corrected chi connectivity index (χ0v) is 5.27. The Balaban J connectivity index is 2.57. The smallest absolute Gasteiger partial charge is 0.115 e. The number of rotatable bonds is 0. The molecule has 1 atom stereocenters. The first kappa shape index (κ1) is 5.14. The molecule has 7 heavy (non-hydrogen) atoms. The normalized spacial score (nSPS) is 21.6. The predicted octanol–water partition coefficient (Wildman–Crippen LogP) is 2.20. The Morgan fingerprint density at radius 3 is 2.86 bits per heavy atom. The second-order valence-corrected chi connectivity index (χ2v) is 2.77. The largest absolute Gasteiger partial charge is 0.479 e. The Bertz CT molecular complexity index is 119. The predicted molar refractivity (Wildman–Crippen MR) is 32.5 cm³/mol. The van der Waals surface area contributed by atoms with Gasteiger partial charge < -0.3 is 4.52 Å². The maximum absolute atomic E-state index is 5.51. The summed E-state index contributed by atoms with van der Waals surface area (Å²) in [5.41, 5.74) is 0. The number of allylic oxidation sites excluding steroid dienone is 2. The summed E-state index contributed by atoms with van der Waals surface area (Å²) in [5.74, 6) is 0. The Labute approximate surface area is 48.9 Å². The molecule has 1 aliphatic heterocycles. The van der Waals surface area contributed by atoms with Gasteiger partial charge in [0.1, 0.15) is 8.81 Å². The van der Waals surface area contributed by atoms with Crippen molar-refractivity contribution in [1.82, 2.24) is 0 Å². The molecule has 0 spiro atoms. The lowest BCUT2D eigenvalue weighted by Crippen LogP contribution is -1.67. The Morgan fingerprint density at radius 1 is 1.71 bits per heavy atom. The van der Waals surface area contributed by atoms with Crippen LogP contribution in [-0.4, -0.2) is 0 Å². The van der Waals surface area contributed by atoms with E-state index in [4.69, 9.17) is 16.1 Å². The Morgan fingerprint density at radius 2 is 2.57 bits per heavy atom. The monoisotopic (exact) mass is 134 g/mol. The van der Waals surface area contributed by atoms with Crippen LogP contribution in [0.2, 0.25) is 0 Å². The van der Waals surface area contributed by atoms with E-state index in [0.29, 0.717) is 8.81 Å². The molecular weight excluding hydrogens is 130 g/mol. The van der Waals surface area contributed by atoms with Crippen molar-refractivity contribution in [2.24, 2.45) is 0 Å². The first-order chi connectivity index (χ1) is 3.39. The molecule has 1 rings (SSSR count). The molecule has 3 heteroatoms. The molecule has 1 unspecified atom stereocenters. The van der Waals surface area contributed by atoms with Crippen molar-refractivity contribution >= 4 is 20.4 Å². The molecule has 0 bridgehead atoms. The minimum atomic E-state index is 0.315. The van der Waals surface area contributed by atoms with Gasteiger partial charge in [0, 0.05) is 0 Å². The summed E-state index contributed by atoms with van der Waals surface area (Å²) in [6.07, 6.45) is 5.23. The fourth-order valence-corrected chi connectivity index (χ4v) is 0.917. The molecule has 0 aromatic heterocycles.